The van der Waals surface area contributed by atoms with Crippen LogP contribution in [0.5, 0.6) is 0 Å². The molecule has 1 aromatic heterocycles. The Bertz CT molecular complexity index is 1070. The Hall–Kier alpha value is -2.47. The summed E-state index contributed by atoms with van der Waals surface area (Å²) in [6.07, 6.45) is 0. The second-order valence-corrected chi connectivity index (χ2v) is 7.02. The zero-order valence-corrected chi connectivity index (χ0v) is 16.1. The zero-order chi connectivity index (χ0) is 18.3. The van der Waals surface area contributed by atoms with Gasteiger partial charge in [0.1, 0.15) is 0 Å². The van der Waals surface area contributed by atoms with Crippen molar-refractivity contribution < 1.29 is 4.79 Å². The summed E-state index contributed by atoms with van der Waals surface area (Å²) in [5, 5.41) is 2.75. The van der Waals surface area contributed by atoms with Crippen LogP contribution in [0.4, 0.5) is 5.69 Å². The van der Waals surface area contributed by atoms with Crippen molar-refractivity contribution in [1.29, 1.82) is 0 Å². The molecule has 1 N–H and O–H groups in total. The van der Waals surface area contributed by atoms with E-state index < -0.39 is 11.5 Å². The number of carbonyl (C=O) groups excluding carboxylic acids is 1. The highest BCUT2D eigenvalue weighted by molar-refractivity contribution is 9.10. The van der Waals surface area contributed by atoms with E-state index in [4.69, 9.17) is 0 Å². The molecule has 6 heteroatoms. The number of halogens is 1. The van der Waals surface area contributed by atoms with Crippen LogP contribution in [-0.2, 0) is 7.05 Å². The second kappa shape index (κ2) is 6.44. The minimum Gasteiger partial charge on any atom is -0.320 e. The first-order valence-electron chi connectivity index (χ1n) is 7.83. The lowest BCUT2D eigenvalue weighted by atomic mass is 10.1. The molecule has 0 unspecified atom stereocenters. The van der Waals surface area contributed by atoms with E-state index >= 15 is 0 Å². The van der Waals surface area contributed by atoms with Gasteiger partial charge in [0, 0.05) is 17.2 Å². The Labute approximate surface area is 153 Å². The number of hydrogen-bond acceptors (Lipinski definition) is 3. The number of hydrogen-bond donors (Lipinski definition) is 1. The lowest BCUT2D eigenvalue weighted by Crippen LogP contribution is -2.30. The molecular formula is C19H18BrN3O2. The van der Waals surface area contributed by atoms with Crippen molar-refractivity contribution in [2.45, 2.75) is 20.8 Å². The summed E-state index contributed by atoms with van der Waals surface area (Å²) in [4.78, 5) is 29.5. The van der Waals surface area contributed by atoms with E-state index in [1.807, 2.05) is 45.0 Å². The minimum atomic E-state index is -0.512. The van der Waals surface area contributed by atoms with Gasteiger partial charge < -0.3 is 9.88 Å². The Morgan fingerprint density at radius 2 is 1.76 bits per heavy atom. The molecule has 0 fully saturated rings. The number of fused-ring (bicyclic) bond motifs is 1. The van der Waals surface area contributed by atoms with Gasteiger partial charge in [0.2, 0.25) is 0 Å². The summed E-state index contributed by atoms with van der Waals surface area (Å²) in [6, 6.07) is 9.27. The Morgan fingerprint density at radius 3 is 2.44 bits per heavy atom. The highest BCUT2D eigenvalue weighted by Crippen LogP contribution is 2.21. The van der Waals surface area contributed by atoms with Gasteiger partial charge >= 0.3 is 0 Å². The average molecular weight is 400 g/mol. The SMILES string of the molecule is Cc1cc2nc(C(=O)Nc3ccc(Br)c(C)c3)c(=O)n(C)c2cc1C. The highest BCUT2D eigenvalue weighted by atomic mass is 79.9. The summed E-state index contributed by atoms with van der Waals surface area (Å²) in [7, 11) is 1.65. The van der Waals surface area contributed by atoms with Crippen molar-refractivity contribution in [3.05, 3.63) is 67.5 Å². The van der Waals surface area contributed by atoms with E-state index in [1.165, 1.54) is 4.57 Å². The van der Waals surface area contributed by atoms with Crippen LogP contribution in [-0.4, -0.2) is 15.5 Å². The van der Waals surface area contributed by atoms with Gasteiger partial charge in [0.25, 0.3) is 11.5 Å². The molecular weight excluding hydrogens is 382 g/mol. The van der Waals surface area contributed by atoms with Gasteiger partial charge in [-0.3, -0.25) is 9.59 Å². The Kier molecular flexibility index (Phi) is 4.47. The molecule has 3 aromatic rings. The predicted octanol–water partition coefficient (Wildman–Crippen LogP) is 3.87. The van der Waals surface area contributed by atoms with Crippen molar-refractivity contribution in [2.75, 3.05) is 5.32 Å². The number of amides is 1. The third kappa shape index (κ3) is 3.22. The van der Waals surface area contributed by atoms with Crippen molar-refractivity contribution in [3.63, 3.8) is 0 Å². The number of carbonyl (C=O) groups is 1. The quantitative estimate of drug-likeness (QED) is 0.710. The second-order valence-electron chi connectivity index (χ2n) is 6.17. The molecule has 0 atom stereocenters. The van der Waals surface area contributed by atoms with E-state index in [0.29, 0.717) is 16.7 Å². The van der Waals surface area contributed by atoms with Gasteiger partial charge in [-0.15, -0.1) is 0 Å². The van der Waals surface area contributed by atoms with Gasteiger partial charge in [0.15, 0.2) is 5.69 Å². The topological polar surface area (TPSA) is 64.0 Å². The molecule has 0 saturated carbocycles. The van der Waals surface area contributed by atoms with Crippen LogP contribution in [0, 0.1) is 20.8 Å². The van der Waals surface area contributed by atoms with Gasteiger partial charge in [-0.05, 0) is 67.8 Å². The molecule has 128 valence electrons. The summed E-state index contributed by atoms with van der Waals surface area (Å²) in [5.41, 5.74) is 4.56. The number of benzene rings is 2. The van der Waals surface area contributed by atoms with Crippen LogP contribution in [0.25, 0.3) is 11.0 Å². The summed E-state index contributed by atoms with van der Waals surface area (Å²) in [5.74, 6) is -0.512. The number of nitrogens with zero attached hydrogens (tertiary/aromatic N) is 2. The molecule has 0 spiro atoms. The fourth-order valence-electron chi connectivity index (χ4n) is 2.64. The molecule has 0 aliphatic rings. The molecule has 0 saturated heterocycles. The number of aryl methyl sites for hydroxylation is 4. The number of aromatic nitrogens is 2. The van der Waals surface area contributed by atoms with Crippen LogP contribution in [0.2, 0.25) is 0 Å². The fourth-order valence-corrected chi connectivity index (χ4v) is 2.89. The van der Waals surface area contributed by atoms with Crippen LogP contribution in [0.15, 0.2) is 39.6 Å². The van der Waals surface area contributed by atoms with Crippen LogP contribution in [0.1, 0.15) is 27.2 Å². The molecule has 0 aliphatic carbocycles. The predicted molar refractivity (Wildman–Crippen MR) is 103 cm³/mol. The first-order chi connectivity index (χ1) is 11.8. The third-order valence-corrected chi connectivity index (χ3v) is 5.21. The highest BCUT2D eigenvalue weighted by Gasteiger charge is 2.17. The van der Waals surface area contributed by atoms with Crippen LogP contribution >= 0.6 is 15.9 Å². The molecule has 1 amide bonds. The van der Waals surface area contributed by atoms with Crippen molar-refractivity contribution in [3.8, 4) is 0 Å². The van der Waals surface area contributed by atoms with Gasteiger partial charge in [0.05, 0.1) is 11.0 Å². The number of nitrogens with one attached hydrogen (secondary N) is 1. The van der Waals surface area contributed by atoms with Crippen molar-refractivity contribution in [1.82, 2.24) is 9.55 Å². The molecule has 5 nitrogen and oxygen atoms in total. The fraction of sp³-hybridized carbons (Fsp3) is 0.211. The van der Waals surface area contributed by atoms with Crippen LogP contribution in [0.3, 0.4) is 0 Å². The molecule has 1 heterocycles. The normalized spacial score (nSPS) is 10.9. The van der Waals surface area contributed by atoms with E-state index in [2.05, 4.69) is 26.2 Å². The summed E-state index contributed by atoms with van der Waals surface area (Å²) < 4.78 is 2.42. The van der Waals surface area contributed by atoms with E-state index in [1.54, 1.807) is 13.1 Å². The van der Waals surface area contributed by atoms with E-state index in [-0.39, 0.29) is 5.69 Å². The molecule has 0 bridgehead atoms. The average Bonchev–Trinajstić information content (AvgIpc) is 2.56. The van der Waals surface area contributed by atoms with E-state index in [0.717, 1.165) is 21.2 Å². The monoisotopic (exact) mass is 399 g/mol. The smallest absolute Gasteiger partial charge is 0.282 e. The Balaban J connectivity index is 2.06. The van der Waals surface area contributed by atoms with E-state index in [9.17, 15) is 9.59 Å². The lowest BCUT2D eigenvalue weighted by molar-refractivity contribution is 0.102. The van der Waals surface area contributed by atoms with Crippen molar-refractivity contribution >= 4 is 38.6 Å². The maximum Gasteiger partial charge on any atom is 0.282 e. The lowest BCUT2D eigenvalue weighted by Gasteiger charge is -2.11. The van der Waals surface area contributed by atoms with Gasteiger partial charge in [-0.1, -0.05) is 15.9 Å². The summed E-state index contributed by atoms with van der Waals surface area (Å²) >= 11 is 3.42. The molecule has 0 aliphatic heterocycles. The van der Waals surface area contributed by atoms with Crippen molar-refractivity contribution in [2.24, 2.45) is 7.05 Å². The van der Waals surface area contributed by atoms with Gasteiger partial charge in [-0.25, -0.2) is 4.98 Å². The maximum atomic E-state index is 12.6. The summed E-state index contributed by atoms with van der Waals surface area (Å²) in [6.45, 7) is 5.89. The first kappa shape index (κ1) is 17.4. The minimum absolute atomic E-state index is 0.112. The van der Waals surface area contributed by atoms with Crippen LogP contribution < -0.4 is 10.9 Å². The number of rotatable bonds is 2. The Morgan fingerprint density at radius 1 is 1.08 bits per heavy atom. The largest absolute Gasteiger partial charge is 0.320 e. The first-order valence-corrected chi connectivity index (χ1v) is 8.62. The maximum absolute atomic E-state index is 12.6. The standard InChI is InChI=1S/C19H18BrN3O2/c1-10-8-15-16(9-11(10)2)23(4)19(25)17(22-15)18(24)21-13-5-6-14(20)12(3)7-13/h5-9H,1-4H3,(H,21,24). The molecule has 3 rings (SSSR count). The molecule has 2 aromatic carbocycles. The molecule has 25 heavy (non-hydrogen) atoms. The van der Waals surface area contributed by atoms with Gasteiger partial charge in [-0.2, -0.15) is 0 Å². The molecule has 0 radical (unpaired) electrons. The third-order valence-electron chi connectivity index (χ3n) is 4.32. The number of anilines is 1. The zero-order valence-electron chi connectivity index (χ0n) is 14.5.